The van der Waals surface area contributed by atoms with Crippen LogP contribution in [0.3, 0.4) is 0 Å². The maximum Gasteiger partial charge on any atom is 0.387 e. The molecule has 9 heteroatoms. The van der Waals surface area contributed by atoms with E-state index in [4.69, 9.17) is 4.74 Å². The molecule has 0 aromatic heterocycles. The second-order valence-corrected chi connectivity index (χ2v) is 7.30. The van der Waals surface area contributed by atoms with Crippen LogP contribution in [0.2, 0.25) is 0 Å². The predicted octanol–water partition coefficient (Wildman–Crippen LogP) is 3.47. The molecule has 1 atom stereocenters. The fourth-order valence-electron chi connectivity index (χ4n) is 3.58. The second-order valence-electron chi connectivity index (χ2n) is 7.30. The van der Waals surface area contributed by atoms with E-state index in [9.17, 15) is 18.4 Å². The lowest BCUT2D eigenvalue weighted by Crippen LogP contribution is -2.54. The zero-order valence-electron chi connectivity index (χ0n) is 18.1. The zero-order valence-corrected chi connectivity index (χ0v) is 18.1. The largest absolute Gasteiger partial charge is 0.492 e. The van der Waals surface area contributed by atoms with E-state index in [0.717, 1.165) is 0 Å². The lowest BCUT2D eigenvalue weighted by Gasteiger charge is -2.37. The molecule has 2 amide bonds. The number of alkyl halides is 2. The molecule has 1 aliphatic heterocycles. The van der Waals surface area contributed by atoms with Crippen LogP contribution in [0.4, 0.5) is 14.5 Å². The molecule has 1 N–H and O–H groups in total. The van der Waals surface area contributed by atoms with Crippen molar-refractivity contribution in [1.29, 1.82) is 0 Å². The van der Waals surface area contributed by atoms with Gasteiger partial charge in [0.05, 0.1) is 23.9 Å². The number of amides is 2. The summed E-state index contributed by atoms with van der Waals surface area (Å²) in [6.07, 6.45) is 0. The lowest BCUT2D eigenvalue weighted by molar-refractivity contribution is -0.121. The van der Waals surface area contributed by atoms with Crippen molar-refractivity contribution in [2.75, 3.05) is 38.1 Å². The van der Waals surface area contributed by atoms with Crippen LogP contribution >= 0.6 is 0 Å². The topological polar surface area (TPSA) is 71.1 Å². The average Bonchev–Trinajstić information content (AvgIpc) is 2.79. The van der Waals surface area contributed by atoms with E-state index < -0.39 is 12.7 Å². The Labute approximate surface area is 185 Å². The van der Waals surface area contributed by atoms with E-state index in [2.05, 4.69) is 10.1 Å². The van der Waals surface area contributed by atoms with Gasteiger partial charge in [0, 0.05) is 26.2 Å². The fourth-order valence-corrected chi connectivity index (χ4v) is 3.58. The van der Waals surface area contributed by atoms with Crippen LogP contribution in [-0.2, 0) is 4.79 Å². The molecule has 3 rings (SSSR count). The molecule has 0 saturated carbocycles. The molecule has 7 nitrogen and oxygen atoms in total. The molecule has 1 fully saturated rings. The molecule has 172 valence electrons. The summed E-state index contributed by atoms with van der Waals surface area (Å²) in [5.41, 5.74) is 0.704. The lowest BCUT2D eigenvalue weighted by atomic mass is 10.1. The van der Waals surface area contributed by atoms with Gasteiger partial charge >= 0.3 is 6.61 Å². The van der Waals surface area contributed by atoms with E-state index in [1.165, 1.54) is 18.2 Å². The van der Waals surface area contributed by atoms with Gasteiger partial charge < -0.3 is 19.7 Å². The van der Waals surface area contributed by atoms with Crippen molar-refractivity contribution in [3.05, 3.63) is 54.1 Å². The predicted molar refractivity (Wildman–Crippen MR) is 116 cm³/mol. The van der Waals surface area contributed by atoms with Gasteiger partial charge in [0.2, 0.25) is 5.91 Å². The number of hydrogen-bond donors (Lipinski definition) is 1. The van der Waals surface area contributed by atoms with Gasteiger partial charge in [-0.2, -0.15) is 8.78 Å². The quantitative estimate of drug-likeness (QED) is 0.671. The number of piperazine rings is 1. The summed E-state index contributed by atoms with van der Waals surface area (Å²) in [5.74, 6) is -0.0810. The van der Waals surface area contributed by atoms with Crippen molar-refractivity contribution < 1.29 is 27.8 Å². The monoisotopic (exact) mass is 447 g/mol. The summed E-state index contributed by atoms with van der Waals surface area (Å²) >= 11 is 0. The highest BCUT2D eigenvalue weighted by atomic mass is 19.3. The summed E-state index contributed by atoms with van der Waals surface area (Å²) in [5, 5.41) is 2.90. The Hall–Kier alpha value is -3.20. The van der Waals surface area contributed by atoms with Gasteiger partial charge in [0.25, 0.3) is 5.91 Å². The highest BCUT2D eigenvalue weighted by Gasteiger charge is 2.29. The van der Waals surface area contributed by atoms with Gasteiger partial charge in [0.1, 0.15) is 11.5 Å². The first-order chi connectivity index (χ1) is 15.4. The highest BCUT2D eigenvalue weighted by Crippen LogP contribution is 2.25. The van der Waals surface area contributed by atoms with Crippen LogP contribution < -0.4 is 14.8 Å². The number of nitrogens with zero attached hydrogens (tertiary/aromatic N) is 2. The van der Waals surface area contributed by atoms with Crippen molar-refractivity contribution in [3.63, 3.8) is 0 Å². The zero-order chi connectivity index (χ0) is 23.1. The molecular weight excluding hydrogens is 420 g/mol. The second kappa shape index (κ2) is 10.9. The van der Waals surface area contributed by atoms with Crippen molar-refractivity contribution in [3.8, 4) is 11.5 Å². The smallest absolute Gasteiger partial charge is 0.387 e. The van der Waals surface area contributed by atoms with Crippen LogP contribution in [-0.4, -0.2) is 67.1 Å². The van der Waals surface area contributed by atoms with Crippen molar-refractivity contribution >= 4 is 17.5 Å². The number of nitrogens with one attached hydrogen (secondary N) is 1. The van der Waals surface area contributed by atoms with Gasteiger partial charge in [-0.1, -0.05) is 24.3 Å². The summed E-state index contributed by atoms with van der Waals surface area (Å²) in [6, 6.07) is 12.8. The number of benzene rings is 2. The number of ether oxygens (including phenoxy) is 2. The molecule has 2 aromatic carbocycles. The van der Waals surface area contributed by atoms with Crippen LogP contribution in [0.25, 0.3) is 0 Å². The Bertz CT molecular complexity index is 933. The van der Waals surface area contributed by atoms with Crippen LogP contribution in [0, 0.1) is 0 Å². The maximum absolute atomic E-state index is 12.8. The minimum atomic E-state index is -3.01. The SMILES string of the molecule is CCOc1ccccc1NC(=O)[C@H](C)N1CCN(C(=O)c2ccccc2OC(F)F)CC1. The third-order valence-electron chi connectivity index (χ3n) is 5.31. The standard InChI is InChI=1S/C23H27F2N3O4/c1-3-31-20-11-7-5-9-18(20)26-21(29)16(2)27-12-14-28(15-13-27)22(30)17-8-4-6-10-19(17)32-23(24)25/h4-11,16,23H,3,12-15H2,1-2H3,(H,26,29)/t16-/m0/s1. The van der Waals surface area contributed by atoms with Gasteiger partial charge in [0.15, 0.2) is 0 Å². The molecule has 0 radical (unpaired) electrons. The minimum absolute atomic E-state index is 0.0968. The number of para-hydroxylation sites is 3. The normalized spacial score (nSPS) is 15.3. The van der Waals surface area contributed by atoms with Crippen molar-refractivity contribution in [1.82, 2.24) is 9.80 Å². The Balaban J connectivity index is 1.59. The Morgan fingerprint density at radius 1 is 1.00 bits per heavy atom. The van der Waals surface area contributed by atoms with Gasteiger partial charge in [-0.05, 0) is 38.1 Å². The van der Waals surface area contributed by atoms with Crippen molar-refractivity contribution in [2.45, 2.75) is 26.5 Å². The first kappa shape index (κ1) is 23.5. The van der Waals surface area contributed by atoms with Crippen molar-refractivity contribution in [2.24, 2.45) is 0 Å². The van der Waals surface area contributed by atoms with Gasteiger partial charge in [-0.3, -0.25) is 14.5 Å². The minimum Gasteiger partial charge on any atom is -0.492 e. The molecule has 2 aromatic rings. The number of halogens is 2. The summed E-state index contributed by atoms with van der Waals surface area (Å²) in [7, 11) is 0. The fraction of sp³-hybridized carbons (Fsp3) is 0.391. The molecule has 0 bridgehead atoms. The third kappa shape index (κ3) is 5.73. The van der Waals surface area contributed by atoms with Crippen LogP contribution in [0.1, 0.15) is 24.2 Å². The summed E-state index contributed by atoms with van der Waals surface area (Å²) < 4.78 is 35.3. The third-order valence-corrected chi connectivity index (χ3v) is 5.31. The first-order valence-corrected chi connectivity index (χ1v) is 10.5. The van der Waals surface area contributed by atoms with E-state index in [1.54, 1.807) is 23.1 Å². The van der Waals surface area contributed by atoms with E-state index >= 15 is 0 Å². The van der Waals surface area contributed by atoms with Crippen LogP contribution in [0.15, 0.2) is 48.5 Å². The molecular formula is C23H27F2N3O4. The number of carbonyl (C=O) groups excluding carboxylic acids is 2. The molecule has 0 spiro atoms. The van der Waals surface area contributed by atoms with Gasteiger partial charge in [-0.25, -0.2) is 0 Å². The number of anilines is 1. The summed E-state index contributed by atoms with van der Waals surface area (Å²) in [4.78, 5) is 29.2. The number of hydrogen-bond acceptors (Lipinski definition) is 5. The summed E-state index contributed by atoms with van der Waals surface area (Å²) in [6.45, 7) is 2.86. The molecule has 1 heterocycles. The average molecular weight is 447 g/mol. The first-order valence-electron chi connectivity index (χ1n) is 10.5. The molecule has 0 aliphatic carbocycles. The molecule has 0 unspecified atom stereocenters. The Morgan fingerprint density at radius 3 is 2.28 bits per heavy atom. The molecule has 32 heavy (non-hydrogen) atoms. The Kier molecular flexibility index (Phi) is 7.99. The Morgan fingerprint density at radius 2 is 1.62 bits per heavy atom. The van der Waals surface area contributed by atoms with E-state index in [1.807, 2.05) is 30.9 Å². The molecule has 1 aliphatic rings. The van der Waals surface area contributed by atoms with E-state index in [-0.39, 0.29) is 23.1 Å². The maximum atomic E-state index is 12.8. The number of rotatable bonds is 8. The van der Waals surface area contributed by atoms with E-state index in [0.29, 0.717) is 44.2 Å². The van der Waals surface area contributed by atoms with Gasteiger partial charge in [-0.15, -0.1) is 0 Å². The highest BCUT2D eigenvalue weighted by molar-refractivity contribution is 5.97. The number of carbonyl (C=O) groups is 2. The molecule has 1 saturated heterocycles. The van der Waals surface area contributed by atoms with Crippen LogP contribution in [0.5, 0.6) is 11.5 Å².